The highest BCUT2D eigenvalue weighted by Gasteiger charge is 2.33. The highest BCUT2D eigenvalue weighted by atomic mass is 16.5. The highest BCUT2D eigenvalue weighted by Crippen LogP contribution is 2.25. The molecular weight excluding hydrogens is 398 g/mol. The van der Waals surface area contributed by atoms with E-state index in [1.807, 2.05) is 35.2 Å². The zero-order chi connectivity index (χ0) is 21.6. The number of piperidine rings is 1. The van der Waals surface area contributed by atoms with Gasteiger partial charge in [0.15, 0.2) is 0 Å². The molecule has 1 aromatic carbocycles. The SMILES string of the molecule is COCC(=O)N1CCC(Oc2ccc(NC(=O)C3CN(c4ccnnc4)C3)cc2)CC1. The molecule has 0 saturated carbocycles. The quantitative estimate of drug-likeness (QED) is 0.719. The monoisotopic (exact) mass is 425 g/mol. The Morgan fingerprint density at radius 3 is 2.48 bits per heavy atom. The molecule has 0 unspecified atom stereocenters. The first kappa shape index (κ1) is 21.0. The second kappa shape index (κ2) is 9.74. The third-order valence-electron chi connectivity index (χ3n) is 5.67. The number of methoxy groups -OCH3 is 1. The van der Waals surface area contributed by atoms with Crippen molar-refractivity contribution >= 4 is 23.2 Å². The van der Waals surface area contributed by atoms with Gasteiger partial charge in [-0.25, -0.2) is 0 Å². The standard InChI is InChI=1S/C22H27N5O4/c1-30-15-21(28)26-10-7-20(8-11-26)31-19-4-2-17(3-5-19)25-22(29)16-13-27(14-16)18-6-9-23-24-12-18/h2-6,9,12,16,20H,7-8,10-11,13-15H2,1H3,(H,25,29). The van der Waals surface area contributed by atoms with Crippen LogP contribution in [-0.2, 0) is 14.3 Å². The molecule has 2 aliphatic heterocycles. The van der Waals surface area contributed by atoms with Gasteiger partial charge in [-0.05, 0) is 30.3 Å². The van der Waals surface area contributed by atoms with E-state index in [0.717, 1.165) is 30.0 Å². The second-order valence-electron chi connectivity index (χ2n) is 7.85. The number of nitrogens with one attached hydrogen (secondary N) is 1. The zero-order valence-corrected chi connectivity index (χ0v) is 17.6. The summed E-state index contributed by atoms with van der Waals surface area (Å²) in [5.74, 6) is 0.753. The van der Waals surface area contributed by atoms with Crippen LogP contribution < -0.4 is 15.0 Å². The maximum absolute atomic E-state index is 12.5. The average molecular weight is 425 g/mol. The molecule has 0 aliphatic carbocycles. The van der Waals surface area contributed by atoms with Crippen LogP contribution in [0.2, 0.25) is 0 Å². The first-order valence-electron chi connectivity index (χ1n) is 10.5. The van der Waals surface area contributed by atoms with Crippen molar-refractivity contribution in [3.05, 3.63) is 42.7 Å². The molecule has 1 N–H and O–H groups in total. The van der Waals surface area contributed by atoms with Crippen LogP contribution in [0.25, 0.3) is 0 Å². The predicted molar refractivity (Wildman–Crippen MR) is 115 cm³/mol. The van der Waals surface area contributed by atoms with Gasteiger partial charge in [-0.2, -0.15) is 10.2 Å². The van der Waals surface area contributed by atoms with Gasteiger partial charge >= 0.3 is 0 Å². The minimum absolute atomic E-state index is 0.0139. The molecule has 164 valence electrons. The van der Waals surface area contributed by atoms with E-state index in [1.54, 1.807) is 12.4 Å². The van der Waals surface area contributed by atoms with Crippen molar-refractivity contribution in [2.75, 3.05) is 50.1 Å². The van der Waals surface area contributed by atoms with Gasteiger partial charge in [-0.1, -0.05) is 0 Å². The zero-order valence-electron chi connectivity index (χ0n) is 17.6. The lowest BCUT2D eigenvalue weighted by Gasteiger charge is -2.39. The van der Waals surface area contributed by atoms with Gasteiger partial charge in [0.2, 0.25) is 11.8 Å². The number of anilines is 2. The van der Waals surface area contributed by atoms with Crippen LogP contribution in [0, 0.1) is 5.92 Å². The maximum Gasteiger partial charge on any atom is 0.248 e. The van der Waals surface area contributed by atoms with Crippen LogP contribution in [0.1, 0.15) is 12.8 Å². The van der Waals surface area contributed by atoms with Crippen molar-refractivity contribution in [1.82, 2.24) is 15.1 Å². The Labute approximate surface area is 181 Å². The van der Waals surface area contributed by atoms with Crippen molar-refractivity contribution in [1.29, 1.82) is 0 Å². The number of hydrogen-bond donors (Lipinski definition) is 1. The van der Waals surface area contributed by atoms with Crippen molar-refractivity contribution in [3.8, 4) is 5.75 Å². The fourth-order valence-electron chi connectivity index (χ4n) is 3.82. The van der Waals surface area contributed by atoms with Crippen LogP contribution >= 0.6 is 0 Å². The normalized spacial score (nSPS) is 17.2. The maximum atomic E-state index is 12.5. The smallest absolute Gasteiger partial charge is 0.248 e. The molecule has 1 aromatic heterocycles. The fourth-order valence-corrected chi connectivity index (χ4v) is 3.82. The number of nitrogens with zero attached hydrogens (tertiary/aromatic N) is 4. The van der Waals surface area contributed by atoms with Crippen molar-refractivity contribution in [2.45, 2.75) is 18.9 Å². The lowest BCUT2D eigenvalue weighted by atomic mass is 9.98. The third-order valence-corrected chi connectivity index (χ3v) is 5.67. The van der Waals surface area contributed by atoms with Crippen molar-refractivity contribution in [3.63, 3.8) is 0 Å². The lowest BCUT2D eigenvalue weighted by Crippen LogP contribution is -2.52. The molecule has 2 saturated heterocycles. The minimum Gasteiger partial charge on any atom is -0.490 e. The number of benzene rings is 1. The first-order valence-corrected chi connectivity index (χ1v) is 10.5. The van der Waals surface area contributed by atoms with Gasteiger partial charge in [0.25, 0.3) is 0 Å². The van der Waals surface area contributed by atoms with Gasteiger partial charge in [0, 0.05) is 51.8 Å². The lowest BCUT2D eigenvalue weighted by molar-refractivity contribution is -0.136. The molecule has 2 aromatic rings. The molecule has 2 fully saturated rings. The van der Waals surface area contributed by atoms with Crippen molar-refractivity contribution in [2.24, 2.45) is 5.92 Å². The molecule has 9 heteroatoms. The van der Waals surface area contributed by atoms with E-state index in [0.29, 0.717) is 26.2 Å². The number of aromatic nitrogens is 2. The molecular formula is C22H27N5O4. The highest BCUT2D eigenvalue weighted by molar-refractivity contribution is 5.94. The molecule has 0 bridgehead atoms. The Morgan fingerprint density at radius 1 is 1.10 bits per heavy atom. The first-order chi connectivity index (χ1) is 15.1. The van der Waals surface area contributed by atoms with Gasteiger partial charge in [0.05, 0.1) is 24.0 Å². The Morgan fingerprint density at radius 2 is 1.84 bits per heavy atom. The van der Waals surface area contributed by atoms with Gasteiger partial charge < -0.3 is 24.6 Å². The van der Waals surface area contributed by atoms with Crippen LogP contribution in [-0.4, -0.2) is 72.9 Å². The molecule has 2 amide bonds. The number of amides is 2. The van der Waals surface area contributed by atoms with Gasteiger partial charge in [-0.15, -0.1) is 0 Å². The molecule has 3 heterocycles. The van der Waals surface area contributed by atoms with E-state index in [-0.39, 0.29) is 30.4 Å². The summed E-state index contributed by atoms with van der Waals surface area (Å²) in [6.45, 7) is 2.82. The van der Waals surface area contributed by atoms with Gasteiger partial charge in [0.1, 0.15) is 18.5 Å². The van der Waals surface area contributed by atoms with Gasteiger partial charge in [-0.3, -0.25) is 9.59 Å². The molecule has 31 heavy (non-hydrogen) atoms. The molecule has 9 nitrogen and oxygen atoms in total. The average Bonchev–Trinajstić information content (AvgIpc) is 2.75. The number of hydrogen-bond acceptors (Lipinski definition) is 7. The summed E-state index contributed by atoms with van der Waals surface area (Å²) in [7, 11) is 1.53. The Kier molecular flexibility index (Phi) is 6.61. The molecule has 0 atom stereocenters. The van der Waals surface area contributed by atoms with Crippen LogP contribution in [0.15, 0.2) is 42.7 Å². The minimum atomic E-state index is -0.0462. The van der Waals surface area contributed by atoms with Crippen LogP contribution in [0.5, 0.6) is 5.75 Å². The van der Waals surface area contributed by atoms with E-state index in [4.69, 9.17) is 9.47 Å². The van der Waals surface area contributed by atoms with Crippen molar-refractivity contribution < 1.29 is 19.1 Å². The summed E-state index contributed by atoms with van der Waals surface area (Å²) < 4.78 is 11.0. The summed E-state index contributed by atoms with van der Waals surface area (Å²) in [5.41, 5.74) is 1.73. The summed E-state index contributed by atoms with van der Waals surface area (Å²) in [5, 5.41) is 10.6. The Hall–Kier alpha value is -3.20. The Bertz CT molecular complexity index is 879. The van der Waals surface area contributed by atoms with E-state index in [2.05, 4.69) is 20.4 Å². The molecule has 4 rings (SSSR count). The summed E-state index contributed by atoms with van der Waals surface area (Å²) in [6.07, 6.45) is 5.01. The molecule has 0 spiro atoms. The van der Waals surface area contributed by atoms with E-state index in [1.165, 1.54) is 7.11 Å². The number of ether oxygens (including phenoxy) is 2. The third kappa shape index (κ3) is 5.29. The van der Waals surface area contributed by atoms with Crippen LogP contribution in [0.3, 0.4) is 0 Å². The summed E-state index contributed by atoms with van der Waals surface area (Å²) in [6, 6.07) is 9.34. The topological polar surface area (TPSA) is 96.9 Å². The van der Waals surface area contributed by atoms with E-state index >= 15 is 0 Å². The Balaban J connectivity index is 1.20. The number of likely N-dealkylation sites (tertiary alicyclic amines) is 1. The van der Waals surface area contributed by atoms with E-state index < -0.39 is 0 Å². The number of rotatable bonds is 7. The fraction of sp³-hybridized carbons (Fsp3) is 0.455. The van der Waals surface area contributed by atoms with E-state index in [9.17, 15) is 9.59 Å². The largest absolute Gasteiger partial charge is 0.490 e. The number of carbonyl (C=O) groups excluding carboxylic acids is 2. The molecule has 0 radical (unpaired) electrons. The molecule has 2 aliphatic rings. The summed E-state index contributed by atoms with van der Waals surface area (Å²) in [4.78, 5) is 28.3. The predicted octanol–water partition coefficient (Wildman–Crippen LogP) is 1.57. The second-order valence-corrected chi connectivity index (χ2v) is 7.85. The van der Waals surface area contributed by atoms with Crippen LogP contribution in [0.4, 0.5) is 11.4 Å². The number of carbonyl (C=O) groups is 2. The summed E-state index contributed by atoms with van der Waals surface area (Å²) >= 11 is 0.